The molecule has 12 heavy (non-hydrogen) atoms. The van der Waals surface area contributed by atoms with E-state index in [4.69, 9.17) is 0 Å². The van der Waals surface area contributed by atoms with Crippen LogP contribution in [0.5, 0.6) is 0 Å². The molecule has 3 nitrogen and oxygen atoms in total. The zero-order valence-corrected chi connectivity index (χ0v) is 5.54. The Hall–Kier alpha value is -1.37. The van der Waals surface area contributed by atoms with E-state index in [0.717, 1.165) is 0 Å². The molecule has 66 valence electrons. The van der Waals surface area contributed by atoms with Gasteiger partial charge in [0.2, 0.25) is 17.5 Å². The average Bonchev–Trinajstić information content (AvgIpc) is 2.08. The summed E-state index contributed by atoms with van der Waals surface area (Å²) in [5, 5.41) is 0. The summed E-state index contributed by atoms with van der Waals surface area (Å²) >= 11 is 0. The molecule has 1 aromatic heterocycles. The van der Waals surface area contributed by atoms with Gasteiger partial charge in [0.05, 0.1) is 0 Å². The van der Waals surface area contributed by atoms with E-state index in [1.165, 1.54) is 0 Å². The molecule has 0 bridgehead atoms. The van der Waals surface area contributed by atoms with Crippen LogP contribution in [0.1, 0.15) is 0 Å². The van der Waals surface area contributed by atoms with Gasteiger partial charge in [-0.1, -0.05) is 0 Å². The van der Waals surface area contributed by atoms with Crippen LogP contribution >= 0.6 is 0 Å². The van der Waals surface area contributed by atoms with Gasteiger partial charge in [-0.2, -0.15) is 18.2 Å². The highest BCUT2D eigenvalue weighted by atomic mass is 19.2. The maximum absolute atomic E-state index is 12.5. The van der Waals surface area contributed by atoms with Crippen LogP contribution in [0.15, 0.2) is 0 Å². The Kier molecular flexibility index (Phi) is 2.13. The Balaban J connectivity index is 3.39. The predicted octanol–water partition coefficient (Wildman–Crippen LogP) is 0.924. The van der Waals surface area contributed by atoms with Crippen molar-refractivity contribution in [3.8, 4) is 0 Å². The second-order valence-corrected chi connectivity index (χ2v) is 1.84. The van der Waals surface area contributed by atoms with E-state index >= 15 is 0 Å². The number of hydrogen-bond acceptors (Lipinski definition) is 3. The average molecular weight is 181 g/mol. The molecule has 0 unspecified atom stereocenters. The van der Waals surface area contributed by atoms with E-state index in [2.05, 4.69) is 10.8 Å². The molecule has 0 aliphatic heterocycles. The second-order valence-electron chi connectivity index (χ2n) is 1.84. The van der Waals surface area contributed by atoms with E-state index in [9.17, 15) is 17.6 Å². The van der Waals surface area contributed by atoms with Crippen molar-refractivity contribution in [1.82, 2.24) is 4.98 Å². The largest absolute Gasteiger partial charge is 0.306 e. The molecule has 0 atom stereocenters. The molecule has 3 N–H and O–H groups in total. The number of halogens is 4. The first kappa shape index (κ1) is 8.72. The van der Waals surface area contributed by atoms with Gasteiger partial charge in [0.1, 0.15) is 0 Å². The van der Waals surface area contributed by atoms with Gasteiger partial charge in [0.25, 0.3) is 5.95 Å². The van der Waals surface area contributed by atoms with Crippen LogP contribution in [0, 0.1) is 23.4 Å². The Morgan fingerprint density at radius 1 is 1.00 bits per heavy atom. The Bertz CT molecular complexity index is 314. The smallest absolute Gasteiger partial charge is 0.254 e. The van der Waals surface area contributed by atoms with Crippen LogP contribution < -0.4 is 11.3 Å². The Morgan fingerprint density at radius 2 is 1.58 bits per heavy atom. The number of aromatic nitrogens is 1. The molecule has 0 radical (unpaired) electrons. The van der Waals surface area contributed by atoms with E-state index in [1.54, 1.807) is 5.43 Å². The van der Waals surface area contributed by atoms with Crippen LogP contribution in [0.3, 0.4) is 0 Å². The minimum atomic E-state index is -1.97. The van der Waals surface area contributed by atoms with Crippen molar-refractivity contribution in [2.24, 2.45) is 5.84 Å². The van der Waals surface area contributed by atoms with Crippen LogP contribution in [-0.4, -0.2) is 4.98 Å². The lowest BCUT2D eigenvalue weighted by molar-refractivity contribution is 0.393. The third kappa shape index (κ3) is 1.18. The number of anilines is 1. The third-order valence-corrected chi connectivity index (χ3v) is 1.12. The lowest BCUT2D eigenvalue weighted by Crippen LogP contribution is -2.14. The monoisotopic (exact) mass is 181 g/mol. The summed E-state index contributed by atoms with van der Waals surface area (Å²) < 4.78 is 49.2. The Morgan fingerprint density at radius 3 is 2.08 bits per heavy atom. The van der Waals surface area contributed by atoms with Crippen LogP contribution in [0.2, 0.25) is 0 Å². The van der Waals surface area contributed by atoms with Crippen LogP contribution in [0.25, 0.3) is 0 Å². The van der Waals surface area contributed by atoms with Gasteiger partial charge in [-0.25, -0.2) is 10.2 Å². The minimum absolute atomic E-state index is 0.883. The maximum Gasteiger partial charge on any atom is 0.254 e. The van der Waals surface area contributed by atoms with Crippen molar-refractivity contribution >= 4 is 5.82 Å². The molecule has 0 aliphatic carbocycles. The second kappa shape index (κ2) is 2.94. The molecule has 0 amide bonds. The highest BCUT2D eigenvalue weighted by Crippen LogP contribution is 2.17. The highest BCUT2D eigenvalue weighted by Gasteiger charge is 2.19. The number of nitrogens with two attached hydrogens (primary N) is 1. The molecule has 1 heterocycles. The van der Waals surface area contributed by atoms with Gasteiger partial charge >= 0.3 is 0 Å². The molecule has 7 heteroatoms. The van der Waals surface area contributed by atoms with E-state index in [-0.39, 0.29) is 0 Å². The van der Waals surface area contributed by atoms with Gasteiger partial charge in [-0.3, -0.25) is 0 Å². The third-order valence-electron chi connectivity index (χ3n) is 1.12. The van der Waals surface area contributed by atoms with Crippen molar-refractivity contribution < 1.29 is 17.6 Å². The van der Waals surface area contributed by atoms with Gasteiger partial charge in [0.15, 0.2) is 5.82 Å². The number of nitrogens with zero attached hydrogens (tertiary/aromatic N) is 1. The molecular formula is C5H3F4N3. The lowest BCUT2D eigenvalue weighted by Gasteiger charge is -2.02. The van der Waals surface area contributed by atoms with E-state index < -0.39 is 29.2 Å². The quantitative estimate of drug-likeness (QED) is 0.293. The van der Waals surface area contributed by atoms with Gasteiger partial charge in [-0.05, 0) is 0 Å². The van der Waals surface area contributed by atoms with Crippen molar-refractivity contribution in [3.63, 3.8) is 0 Å². The zero-order chi connectivity index (χ0) is 9.30. The standard InChI is InChI=1S/C5H3F4N3/c6-1-2(7)4(9)11-5(12-10)3(1)8/h10H2,(H,11,12). The summed E-state index contributed by atoms with van der Waals surface area (Å²) in [6.07, 6.45) is 0. The predicted molar refractivity (Wildman–Crippen MR) is 31.9 cm³/mol. The molecule has 0 saturated carbocycles. The number of pyridine rings is 1. The lowest BCUT2D eigenvalue weighted by atomic mass is 10.4. The van der Waals surface area contributed by atoms with Gasteiger partial charge in [-0.15, -0.1) is 0 Å². The minimum Gasteiger partial charge on any atom is -0.306 e. The van der Waals surface area contributed by atoms with Gasteiger partial charge < -0.3 is 5.43 Å². The fourth-order valence-corrected chi connectivity index (χ4v) is 0.583. The SMILES string of the molecule is NNc1nc(F)c(F)c(F)c1F. The summed E-state index contributed by atoms with van der Waals surface area (Å²) in [5.41, 5.74) is 1.57. The number of nitrogen functional groups attached to an aromatic ring is 1. The molecule has 1 rings (SSSR count). The summed E-state index contributed by atoms with van der Waals surface area (Å²) in [5.74, 6) is -3.57. The molecular weight excluding hydrogens is 178 g/mol. The van der Waals surface area contributed by atoms with E-state index in [0.29, 0.717) is 0 Å². The fourth-order valence-electron chi connectivity index (χ4n) is 0.583. The summed E-state index contributed by atoms with van der Waals surface area (Å²) in [6, 6.07) is 0. The first-order chi connectivity index (χ1) is 5.57. The van der Waals surface area contributed by atoms with Gasteiger partial charge in [0, 0.05) is 0 Å². The van der Waals surface area contributed by atoms with Crippen molar-refractivity contribution in [1.29, 1.82) is 0 Å². The maximum atomic E-state index is 12.5. The summed E-state index contributed by atoms with van der Waals surface area (Å²) in [4.78, 5) is 2.66. The number of hydrazine groups is 1. The van der Waals surface area contributed by atoms with Crippen LogP contribution in [-0.2, 0) is 0 Å². The highest BCUT2D eigenvalue weighted by molar-refractivity contribution is 5.35. The molecule has 0 aromatic carbocycles. The molecule has 0 spiro atoms. The Labute approximate surface area is 64.2 Å². The summed E-state index contributed by atoms with van der Waals surface area (Å²) in [7, 11) is 0. The molecule has 0 fully saturated rings. The number of rotatable bonds is 1. The number of hydrogen-bond donors (Lipinski definition) is 2. The van der Waals surface area contributed by atoms with Crippen molar-refractivity contribution in [3.05, 3.63) is 23.4 Å². The first-order valence-corrected chi connectivity index (χ1v) is 2.74. The normalized spacial score (nSPS) is 10.1. The number of nitrogens with one attached hydrogen (secondary N) is 1. The van der Waals surface area contributed by atoms with Crippen molar-refractivity contribution in [2.75, 3.05) is 5.43 Å². The molecule has 1 aromatic rings. The summed E-state index contributed by atoms with van der Waals surface area (Å²) in [6.45, 7) is 0. The van der Waals surface area contributed by atoms with Crippen molar-refractivity contribution in [2.45, 2.75) is 0 Å². The molecule has 0 saturated heterocycles. The molecule has 0 aliphatic rings. The topological polar surface area (TPSA) is 50.9 Å². The van der Waals surface area contributed by atoms with E-state index in [1.807, 2.05) is 0 Å². The first-order valence-electron chi connectivity index (χ1n) is 2.74. The zero-order valence-electron chi connectivity index (χ0n) is 5.54. The fraction of sp³-hybridized carbons (Fsp3) is 0. The van der Waals surface area contributed by atoms with Crippen LogP contribution in [0.4, 0.5) is 23.4 Å².